The zero-order valence-electron chi connectivity index (χ0n) is 14.9. The van der Waals surface area contributed by atoms with Gasteiger partial charge in [0.1, 0.15) is 17.3 Å². The molecule has 136 valence electrons. The fourth-order valence-electron chi connectivity index (χ4n) is 3.21. The Hall–Kier alpha value is -3.41. The van der Waals surface area contributed by atoms with Crippen LogP contribution in [0, 0.1) is 5.82 Å². The van der Waals surface area contributed by atoms with Gasteiger partial charge in [0.25, 0.3) is 0 Å². The van der Waals surface area contributed by atoms with Crippen LogP contribution in [-0.4, -0.2) is 30.2 Å². The van der Waals surface area contributed by atoms with Crippen LogP contribution in [0.5, 0.6) is 11.5 Å². The molecule has 0 radical (unpaired) electrons. The molecule has 1 aromatic heterocycles. The molecule has 1 heterocycles. The van der Waals surface area contributed by atoms with Crippen molar-refractivity contribution < 1.29 is 18.7 Å². The number of carbonyl (C=O) groups is 1. The van der Waals surface area contributed by atoms with E-state index in [1.807, 2.05) is 6.07 Å². The molecule has 0 aliphatic heterocycles. The minimum Gasteiger partial charge on any atom is -0.497 e. The highest BCUT2D eigenvalue weighted by molar-refractivity contribution is 6.15. The zero-order chi connectivity index (χ0) is 19.0. The van der Waals surface area contributed by atoms with Crippen molar-refractivity contribution in [2.45, 2.75) is 6.42 Å². The fourth-order valence-corrected chi connectivity index (χ4v) is 3.21. The number of carbonyl (C=O) groups excluding carboxylic acids is 1. The second-order valence-corrected chi connectivity index (χ2v) is 6.25. The molecule has 0 fully saturated rings. The molecule has 0 saturated heterocycles. The quantitative estimate of drug-likeness (QED) is 0.709. The zero-order valence-corrected chi connectivity index (χ0v) is 14.9. The van der Waals surface area contributed by atoms with E-state index >= 15 is 0 Å². The van der Waals surface area contributed by atoms with Gasteiger partial charge in [-0.3, -0.25) is 9.89 Å². The largest absolute Gasteiger partial charge is 0.497 e. The second kappa shape index (κ2) is 6.72. The number of allylic oxidation sites excluding steroid dienone is 1. The average molecular weight is 364 g/mol. The van der Waals surface area contributed by atoms with Crippen LogP contribution in [0.1, 0.15) is 21.6 Å². The van der Waals surface area contributed by atoms with Gasteiger partial charge < -0.3 is 9.47 Å². The van der Waals surface area contributed by atoms with Crippen LogP contribution < -0.4 is 9.47 Å². The van der Waals surface area contributed by atoms with Crippen LogP contribution in [-0.2, 0) is 6.42 Å². The molecule has 4 rings (SSSR count). The first-order valence-corrected chi connectivity index (χ1v) is 8.40. The summed E-state index contributed by atoms with van der Waals surface area (Å²) < 4.78 is 24.5. The summed E-state index contributed by atoms with van der Waals surface area (Å²) in [4.78, 5) is 12.6. The molecule has 5 nitrogen and oxygen atoms in total. The third kappa shape index (κ3) is 3.10. The van der Waals surface area contributed by atoms with Crippen LogP contribution in [0.2, 0.25) is 0 Å². The van der Waals surface area contributed by atoms with E-state index < -0.39 is 5.82 Å². The lowest BCUT2D eigenvalue weighted by Crippen LogP contribution is -1.95. The number of aromatic amines is 1. The van der Waals surface area contributed by atoms with E-state index in [1.165, 1.54) is 13.2 Å². The molecule has 0 bridgehead atoms. The molecule has 6 heteroatoms. The molecule has 0 unspecified atom stereocenters. The molecule has 1 aliphatic carbocycles. The summed E-state index contributed by atoms with van der Waals surface area (Å²) in [5.41, 5.74) is 3.75. The van der Waals surface area contributed by atoms with Crippen molar-refractivity contribution >= 4 is 11.9 Å². The average Bonchev–Trinajstić information content (AvgIpc) is 3.26. The van der Waals surface area contributed by atoms with E-state index in [9.17, 15) is 9.18 Å². The van der Waals surface area contributed by atoms with Crippen molar-refractivity contribution in [1.82, 2.24) is 10.2 Å². The summed E-state index contributed by atoms with van der Waals surface area (Å²) in [5.74, 6) is 0.733. The number of halogens is 1. The lowest BCUT2D eigenvalue weighted by molar-refractivity contribution is 0.104. The number of Topliss-reactive ketones (excluding diaryl/α,β-unsaturated/α-hetero) is 1. The number of ketones is 1. The number of aromatic nitrogens is 2. The maximum atomic E-state index is 14.2. The van der Waals surface area contributed by atoms with Gasteiger partial charge in [0, 0.05) is 29.2 Å². The molecule has 1 N–H and O–H groups in total. The Labute approximate surface area is 155 Å². The van der Waals surface area contributed by atoms with Crippen LogP contribution >= 0.6 is 0 Å². The summed E-state index contributed by atoms with van der Waals surface area (Å²) in [7, 11) is 3.08. The van der Waals surface area contributed by atoms with E-state index in [-0.39, 0.29) is 5.78 Å². The van der Waals surface area contributed by atoms with Gasteiger partial charge in [0.2, 0.25) is 0 Å². The maximum absolute atomic E-state index is 14.2. The van der Waals surface area contributed by atoms with Crippen molar-refractivity contribution in [3.8, 4) is 22.8 Å². The predicted octanol–water partition coefficient (Wildman–Crippen LogP) is 4.06. The highest BCUT2D eigenvalue weighted by Gasteiger charge is 2.25. The van der Waals surface area contributed by atoms with Crippen molar-refractivity contribution in [1.29, 1.82) is 0 Å². The number of hydrogen-bond acceptors (Lipinski definition) is 4. The Morgan fingerprint density at radius 1 is 1.04 bits per heavy atom. The monoisotopic (exact) mass is 364 g/mol. The summed E-state index contributed by atoms with van der Waals surface area (Å²) in [6, 6.07) is 11.8. The third-order valence-electron chi connectivity index (χ3n) is 4.61. The lowest BCUT2D eigenvalue weighted by atomic mass is 10.1. The first kappa shape index (κ1) is 17.0. The summed E-state index contributed by atoms with van der Waals surface area (Å²) in [6.07, 6.45) is 2.28. The number of H-pyrrole nitrogens is 1. The van der Waals surface area contributed by atoms with Gasteiger partial charge in [0.05, 0.1) is 25.6 Å². The molecule has 0 spiro atoms. The molecule has 0 atom stereocenters. The normalized spacial score (nSPS) is 14.5. The lowest BCUT2D eigenvalue weighted by Gasteiger charge is -2.02. The Morgan fingerprint density at radius 3 is 2.44 bits per heavy atom. The van der Waals surface area contributed by atoms with Crippen LogP contribution in [0.25, 0.3) is 17.3 Å². The van der Waals surface area contributed by atoms with Crippen LogP contribution in [0.3, 0.4) is 0 Å². The smallest absolute Gasteiger partial charge is 0.189 e. The first-order chi connectivity index (χ1) is 13.1. The van der Waals surface area contributed by atoms with Gasteiger partial charge in [-0.1, -0.05) is 0 Å². The molecule has 1 aliphatic rings. The SMILES string of the molecule is COc1ccc(-c2cc(/C=C3\Cc4cc(OC)ccc4C3=O)[nH]n2)c(F)c1. The number of ether oxygens (including phenoxy) is 2. The fraction of sp³-hybridized carbons (Fsp3) is 0.143. The highest BCUT2D eigenvalue weighted by Crippen LogP contribution is 2.31. The van der Waals surface area contributed by atoms with Gasteiger partial charge in [0.15, 0.2) is 5.78 Å². The summed E-state index contributed by atoms with van der Waals surface area (Å²) in [5, 5.41) is 7.02. The number of nitrogens with zero attached hydrogens (tertiary/aromatic N) is 1. The van der Waals surface area contributed by atoms with Crippen LogP contribution in [0.4, 0.5) is 4.39 Å². The van der Waals surface area contributed by atoms with Gasteiger partial charge in [-0.25, -0.2) is 4.39 Å². The van der Waals surface area contributed by atoms with Crippen LogP contribution in [0.15, 0.2) is 48.0 Å². The van der Waals surface area contributed by atoms with Crippen molar-refractivity contribution in [3.05, 3.63) is 70.7 Å². The van der Waals surface area contributed by atoms with Gasteiger partial charge >= 0.3 is 0 Å². The maximum Gasteiger partial charge on any atom is 0.189 e. The number of rotatable bonds is 4. The number of hydrogen-bond donors (Lipinski definition) is 1. The third-order valence-corrected chi connectivity index (χ3v) is 4.61. The molecule has 0 saturated carbocycles. The van der Waals surface area contributed by atoms with Gasteiger partial charge in [-0.15, -0.1) is 0 Å². The number of nitrogens with one attached hydrogen (secondary N) is 1. The first-order valence-electron chi connectivity index (χ1n) is 8.40. The molecule has 0 amide bonds. The number of fused-ring (bicyclic) bond motifs is 1. The second-order valence-electron chi connectivity index (χ2n) is 6.25. The molecular formula is C21H17FN2O3. The molecule has 2 aromatic carbocycles. The number of methoxy groups -OCH3 is 2. The molecule has 3 aromatic rings. The number of benzene rings is 2. The van der Waals surface area contributed by atoms with Gasteiger partial charge in [-0.05, 0) is 48.0 Å². The molecular weight excluding hydrogens is 347 g/mol. The van der Waals surface area contributed by atoms with E-state index in [0.717, 1.165) is 11.3 Å². The van der Waals surface area contributed by atoms with Crippen molar-refractivity contribution in [2.24, 2.45) is 0 Å². The summed E-state index contributed by atoms with van der Waals surface area (Å²) in [6.45, 7) is 0. The van der Waals surface area contributed by atoms with Crippen molar-refractivity contribution in [2.75, 3.05) is 14.2 Å². The van der Waals surface area contributed by atoms with E-state index in [1.54, 1.807) is 43.5 Å². The van der Waals surface area contributed by atoms with E-state index in [0.29, 0.717) is 40.3 Å². The van der Waals surface area contributed by atoms with Crippen molar-refractivity contribution in [3.63, 3.8) is 0 Å². The van der Waals surface area contributed by atoms with E-state index in [4.69, 9.17) is 9.47 Å². The Morgan fingerprint density at radius 2 is 1.74 bits per heavy atom. The Bertz CT molecular complexity index is 1070. The topological polar surface area (TPSA) is 64.2 Å². The highest BCUT2D eigenvalue weighted by atomic mass is 19.1. The predicted molar refractivity (Wildman–Crippen MR) is 99.5 cm³/mol. The molecule has 27 heavy (non-hydrogen) atoms. The van der Waals surface area contributed by atoms with E-state index in [2.05, 4.69) is 10.2 Å². The standard InChI is InChI=1S/C21H17FN2O3/c1-26-15-3-5-17-12(9-15)7-13(21(17)25)8-14-10-20(24-23-14)18-6-4-16(27-2)11-19(18)22/h3-6,8-11H,7H2,1-2H3,(H,23,24)/b13-8+. The minimum absolute atomic E-state index is 0.0144. The minimum atomic E-state index is -0.420. The Kier molecular flexibility index (Phi) is 4.24. The summed E-state index contributed by atoms with van der Waals surface area (Å²) >= 11 is 0. The van der Waals surface area contributed by atoms with Gasteiger partial charge in [-0.2, -0.15) is 5.10 Å². The Balaban J connectivity index is 1.62.